The van der Waals surface area contributed by atoms with E-state index in [1.807, 2.05) is 25.1 Å². The molecule has 0 unspecified atom stereocenters. The molecule has 0 saturated carbocycles. The number of hydrogen-bond acceptors (Lipinski definition) is 5. The van der Waals surface area contributed by atoms with Gasteiger partial charge >= 0.3 is 0 Å². The number of hydrogen-bond donors (Lipinski definition) is 1. The van der Waals surface area contributed by atoms with Crippen LogP contribution in [0.3, 0.4) is 0 Å². The molecule has 0 radical (unpaired) electrons. The van der Waals surface area contributed by atoms with Crippen LogP contribution >= 0.6 is 15.9 Å². The topological polar surface area (TPSA) is 67.4 Å². The molecule has 6 nitrogen and oxygen atoms in total. The van der Waals surface area contributed by atoms with E-state index in [0.717, 1.165) is 34.6 Å². The van der Waals surface area contributed by atoms with Crippen LogP contribution in [-0.4, -0.2) is 42.2 Å². The Morgan fingerprint density at radius 3 is 2.70 bits per heavy atom. The molecular formula is C16H17BrN4O2. The third-order valence-corrected chi connectivity index (χ3v) is 4.51. The van der Waals surface area contributed by atoms with Crippen LogP contribution in [0.15, 0.2) is 35.1 Å². The van der Waals surface area contributed by atoms with E-state index < -0.39 is 0 Å². The zero-order valence-corrected chi connectivity index (χ0v) is 14.3. The first-order valence-corrected chi connectivity index (χ1v) is 8.15. The van der Waals surface area contributed by atoms with Crippen molar-refractivity contribution < 1.29 is 9.53 Å². The number of carbonyl (C=O) groups is 1. The largest absolute Gasteiger partial charge is 0.378 e. The third kappa shape index (κ3) is 3.86. The van der Waals surface area contributed by atoms with Gasteiger partial charge in [-0.1, -0.05) is 15.9 Å². The fourth-order valence-corrected chi connectivity index (χ4v) is 2.56. The van der Waals surface area contributed by atoms with Crippen molar-refractivity contribution in [1.29, 1.82) is 0 Å². The highest BCUT2D eigenvalue weighted by molar-refractivity contribution is 9.10. The Labute approximate surface area is 143 Å². The number of carbonyl (C=O) groups excluding carboxylic acids is 1. The summed E-state index contributed by atoms with van der Waals surface area (Å²) >= 11 is 3.44. The summed E-state index contributed by atoms with van der Waals surface area (Å²) in [6.07, 6.45) is 3.14. The number of nitrogens with zero attached hydrogens (tertiary/aromatic N) is 3. The lowest BCUT2D eigenvalue weighted by Gasteiger charge is -2.27. The molecule has 7 heteroatoms. The van der Waals surface area contributed by atoms with Crippen LogP contribution in [0.1, 0.15) is 16.1 Å². The number of amides is 1. The van der Waals surface area contributed by atoms with Crippen molar-refractivity contribution in [1.82, 2.24) is 9.97 Å². The minimum absolute atomic E-state index is 0.271. The van der Waals surface area contributed by atoms with E-state index in [0.29, 0.717) is 18.9 Å². The van der Waals surface area contributed by atoms with Crippen molar-refractivity contribution in [2.45, 2.75) is 6.92 Å². The second-order valence-corrected chi connectivity index (χ2v) is 6.13. The van der Waals surface area contributed by atoms with Crippen LogP contribution in [0.2, 0.25) is 0 Å². The van der Waals surface area contributed by atoms with Gasteiger partial charge in [0.25, 0.3) is 5.91 Å². The maximum Gasteiger partial charge on any atom is 0.275 e. The van der Waals surface area contributed by atoms with Gasteiger partial charge in [-0.25, -0.2) is 9.97 Å². The lowest BCUT2D eigenvalue weighted by Crippen LogP contribution is -2.36. The van der Waals surface area contributed by atoms with Crippen LogP contribution in [0, 0.1) is 6.92 Å². The number of nitrogens with one attached hydrogen (secondary N) is 1. The fraction of sp³-hybridized carbons (Fsp3) is 0.312. The highest BCUT2D eigenvalue weighted by Gasteiger charge is 2.14. The second-order valence-electron chi connectivity index (χ2n) is 5.28. The third-order valence-electron chi connectivity index (χ3n) is 3.62. The molecule has 1 saturated heterocycles. The van der Waals surface area contributed by atoms with Crippen molar-refractivity contribution in [2.75, 3.05) is 36.5 Å². The van der Waals surface area contributed by atoms with Crippen molar-refractivity contribution in [2.24, 2.45) is 0 Å². The SMILES string of the molecule is Cc1cc(NC(=O)c2cnc(N3CCOCC3)cn2)ccc1Br. The summed E-state index contributed by atoms with van der Waals surface area (Å²) in [5.41, 5.74) is 2.08. The van der Waals surface area contributed by atoms with Gasteiger partial charge in [0.2, 0.25) is 0 Å². The first-order chi connectivity index (χ1) is 11.1. The lowest BCUT2D eigenvalue weighted by molar-refractivity contribution is 0.102. The maximum absolute atomic E-state index is 12.2. The predicted molar refractivity (Wildman–Crippen MR) is 91.9 cm³/mol. The first-order valence-electron chi connectivity index (χ1n) is 7.36. The van der Waals surface area contributed by atoms with Crippen molar-refractivity contribution in [3.8, 4) is 0 Å². The van der Waals surface area contributed by atoms with Gasteiger partial charge < -0.3 is 15.0 Å². The molecule has 2 aromatic rings. The summed E-state index contributed by atoms with van der Waals surface area (Å²) in [6, 6.07) is 5.64. The molecule has 1 aliphatic heterocycles. The minimum atomic E-state index is -0.271. The van der Waals surface area contributed by atoms with Crippen molar-refractivity contribution in [3.05, 3.63) is 46.3 Å². The molecule has 0 aliphatic carbocycles. The second kappa shape index (κ2) is 7.06. The number of aromatic nitrogens is 2. The molecule has 3 rings (SSSR count). The summed E-state index contributed by atoms with van der Waals surface area (Å²) in [4.78, 5) is 22.9. The summed E-state index contributed by atoms with van der Waals surface area (Å²) in [5.74, 6) is 0.497. The van der Waals surface area contributed by atoms with Crippen LogP contribution in [0.4, 0.5) is 11.5 Å². The molecule has 2 heterocycles. The van der Waals surface area contributed by atoms with Crippen LogP contribution in [0.5, 0.6) is 0 Å². The quantitative estimate of drug-likeness (QED) is 0.891. The highest BCUT2D eigenvalue weighted by atomic mass is 79.9. The van der Waals surface area contributed by atoms with Crippen LogP contribution < -0.4 is 10.2 Å². The van der Waals surface area contributed by atoms with Gasteiger partial charge in [-0.2, -0.15) is 0 Å². The van der Waals surface area contributed by atoms with Gasteiger partial charge in [0.15, 0.2) is 0 Å². The molecule has 1 aliphatic rings. The fourth-order valence-electron chi connectivity index (χ4n) is 2.31. The Balaban J connectivity index is 1.68. The number of benzene rings is 1. The Morgan fingerprint density at radius 2 is 2.04 bits per heavy atom. The predicted octanol–water partition coefficient (Wildman–Crippen LogP) is 2.64. The summed E-state index contributed by atoms with van der Waals surface area (Å²) in [6.45, 7) is 4.92. The molecule has 0 bridgehead atoms. The van der Waals surface area contributed by atoms with Crippen molar-refractivity contribution in [3.63, 3.8) is 0 Å². The number of aryl methyl sites for hydroxylation is 1. The van der Waals surface area contributed by atoms with Gasteiger partial charge in [0.05, 0.1) is 25.6 Å². The Morgan fingerprint density at radius 1 is 1.26 bits per heavy atom. The molecule has 1 amide bonds. The molecular weight excluding hydrogens is 360 g/mol. The van der Waals surface area contributed by atoms with Gasteiger partial charge in [0, 0.05) is 23.2 Å². The smallest absolute Gasteiger partial charge is 0.275 e. The monoisotopic (exact) mass is 376 g/mol. The van der Waals surface area contributed by atoms with Crippen LogP contribution in [-0.2, 0) is 4.74 Å². The number of ether oxygens (including phenoxy) is 1. The van der Waals surface area contributed by atoms with E-state index >= 15 is 0 Å². The number of anilines is 2. The summed E-state index contributed by atoms with van der Waals surface area (Å²) in [5, 5.41) is 2.83. The molecule has 0 atom stereocenters. The summed E-state index contributed by atoms with van der Waals surface area (Å²) in [7, 11) is 0. The maximum atomic E-state index is 12.2. The highest BCUT2D eigenvalue weighted by Crippen LogP contribution is 2.20. The van der Waals surface area contributed by atoms with Gasteiger partial charge in [-0.05, 0) is 30.7 Å². The average Bonchev–Trinajstić information content (AvgIpc) is 2.59. The normalized spacial score (nSPS) is 14.6. The summed E-state index contributed by atoms with van der Waals surface area (Å²) < 4.78 is 6.32. The first kappa shape index (κ1) is 15.9. The van der Waals surface area contributed by atoms with Gasteiger partial charge in [-0.15, -0.1) is 0 Å². The minimum Gasteiger partial charge on any atom is -0.378 e. The van der Waals surface area contributed by atoms with E-state index in [-0.39, 0.29) is 5.91 Å². The molecule has 1 aromatic heterocycles. The van der Waals surface area contributed by atoms with E-state index in [9.17, 15) is 4.79 Å². The lowest BCUT2D eigenvalue weighted by atomic mass is 10.2. The Bertz CT molecular complexity index is 700. The standard InChI is InChI=1S/C16H17BrN4O2/c1-11-8-12(2-3-13(11)17)20-16(22)14-9-19-15(10-18-14)21-4-6-23-7-5-21/h2-3,8-10H,4-7H2,1H3,(H,20,22). The molecule has 23 heavy (non-hydrogen) atoms. The molecule has 1 N–H and O–H groups in total. The van der Waals surface area contributed by atoms with E-state index in [2.05, 4.69) is 36.1 Å². The number of halogens is 1. The molecule has 1 aromatic carbocycles. The van der Waals surface area contributed by atoms with E-state index in [1.165, 1.54) is 6.20 Å². The number of morpholine rings is 1. The Hall–Kier alpha value is -1.99. The zero-order valence-electron chi connectivity index (χ0n) is 12.8. The van der Waals surface area contributed by atoms with Crippen LogP contribution in [0.25, 0.3) is 0 Å². The van der Waals surface area contributed by atoms with Crippen molar-refractivity contribution >= 4 is 33.3 Å². The zero-order chi connectivity index (χ0) is 16.2. The molecule has 1 fully saturated rings. The Kier molecular flexibility index (Phi) is 4.88. The number of rotatable bonds is 3. The van der Waals surface area contributed by atoms with Gasteiger partial charge in [-0.3, -0.25) is 4.79 Å². The van der Waals surface area contributed by atoms with Gasteiger partial charge in [0.1, 0.15) is 11.5 Å². The van der Waals surface area contributed by atoms with E-state index in [1.54, 1.807) is 6.20 Å². The molecule has 0 spiro atoms. The van der Waals surface area contributed by atoms with E-state index in [4.69, 9.17) is 4.74 Å². The average molecular weight is 377 g/mol. The molecule has 120 valence electrons.